The lowest BCUT2D eigenvalue weighted by atomic mass is 10.3. The number of hydrogen-bond acceptors (Lipinski definition) is 6. The molecule has 1 aliphatic rings. The van der Waals surface area contributed by atoms with Gasteiger partial charge in [0.05, 0.1) is 13.1 Å². The molecular weight excluding hydrogens is 234 g/mol. The van der Waals surface area contributed by atoms with E-state index in [2.05, 4.69) is 15.5 Å². The van der Waals surface area contributed by atoms with Crippen molar-refractivity contribution in [3.8, 4) is 0 Å². The number of aryl methyl sites for hydroxylation is 1. The molecule has 0 spiro atoms. The fourth-order valence-corrected chi connectivity index (χ4v) is 1.95. The summed E-state index contributed by atoms with van der Waals surface area (Å²) in [6, 6.07) is 0. The Balaban J connectivity index is 1.79. The van der Waals surface area contributed by atoms with Crippen LogP contribution in [0.25, 0.3) is 0 Å². The molecule has 1 N–H and O–H groups in total. The van der Waals surface area contributed by atoms with Gasteiger partial charge in [-0.2, -0.15) is 4.98 Å². The number of amides is 1. The first-order valence-electron chi connectivity index (χ1n) is 6.11. The van der Waals surface area contributed by atoms with E-state index in [1.54, 1.807) is 6.92 Å². The van der Waals surface area contributed by atoms with E-state index >= 15 is 0 Å². The molecule has 7 nitrogen and oxygen atoms in total. The van der Waals surface area contributed by atoms with Gasteiger partial charge in [0, 0.05) is 33.1 Å². The molecule has 0 aliphatic carbocycles. The van der Waals surface area contributed by atoms with Crippen molar-refractivity contribution in [3.63, 3.8) is 0 Å². The van der Waals surface area contributed by atoms with Crippen LogP contribution in [-0.2, 0) is 11.3 Å². The Bertz CT molecular complexity index is 400. The average Bonchev–Trinajstić information content (AvgIpc) is 2.75. The molecule has 1 aromatic heterocycles. The van der Waals surface area contributed by atoms with Crippen LogP contribution in [-0.4, -0.2) is 65.6 Å². The van der Waals surface area contributed by atoms with Crippen molar-refractivity contribution in [1.82, 2.24) is 25.3 Å². The maximum absolute atomic E-state index is 12.0. The van der Waals surface area contributed by atoms with Crippen LogP contribution in [0.15, 0.2) is 4.52 Å². The lowest BCUT2D eigenvalue weighted by molar-refractivity contribution is -0.132. The van der Waals surface area contributed by atoms with Gasteiger partial charge in [-0.25, -0.2) is 0 Å². The Kier molecular flexibility index (Phi) is 4.27. The summed E-state index contributed by atoms with van der Waals surface area (Å²) in [7, 11) is 1.88. The van der Waals surface area contributed by atoms with Gasteiger partial charge in [-0.15, -0.1) is 0 Å². The zero-order chi connectivity index (χ0) is 13.0. The normalized spacial score (nSPS) is 16.3. The number of hydrogen-bond donors (Lipinski definition) is 1. The van der Waals surface area contributed by atoms with Crippen LogP contribution in [0, 0.1) is 6.92 Å². The Morgan fingerprint density at radius 2 is 2.22 bits per heavy atom. The highest BCUT2D eigenvalue weighted by molar-refractivity contribution is 5.78. The van der Waals surface area contributed by atoms with E-state index in [4.69, 9.17) is 4.52 Å². The van der Waals surface area contributed by atoms with E-state index in [0.29, 0.717) is 24.8 Å². The number of rotatable bonds is 4. The molecule has 1 aliphatic heterocycles. The Morgan fingerprint density at radius 3 is 2.83 bits per heavy atom. The third-order valence-electron chi connectivity index (χ3n) is 2.86. The first-order chi connectivity index (χ1) is 8.65. The quantitative estimate of drug-likeness (QED) is 0.760. The SMILES string of the molecule is Cc1nc(CN(C)CC(=O)N2CCNCC2)no1. The second kappa shape index (κ2) is 5.92. The standard InChI is InChI=1S/C11H19N5O2/c1-9-13-10(14-18-9)7-15(2)8-11(17)16-5-3-12-4-6-16/h12H,3-8H2,1-2H3. The number of nitrogens with zero attached hydrogens (tertiary/aromatic N) is 4. The summed E-state index contributed by atoms with van der Waals surface area (Å²) in [4.78, 5) is 19.9. The minimum atomic E-state index is 0.152. The molecule has 1 amide bonds. The van der Waals surface area contributed by atoms with Crippen molar-refractivity contribution >= 4 is 5.91 Å². The molecule has 0 aromatic carbocycles. The van der Waals surface area contributed by atoms with Crippen LogP contribution in [0.2, 0.25) is 0 Å². The van der Waals surface area contributed by atoms with Gasteiger partial charge in [0.1, 0.15) is 0 Å². The van der Waals surface area contributed by atoms with Gasteiger partial charge < -0.3 is 14.7 Å². The topological polar surface area (TPSA) is 74.5 Å². The maximum Gasteiger partial charge on any atom is 0.236 e. The third-order valence-corrected chi connectivity index (χ3v) is 2.86. The first kappa shape index (κ1) is 13.0. The summed E-state index contributed by atoms with van der Waals surface area (Å²) in [5.74, 6) is 1.31. The highest BCUT2D eigenvalue weighted by Gasteiger charge is 2.18. The summed E-state index contributed by atoms with van der Waals surface area (Å²) < 4.78 is 4.90. The van der Waals surface area contributed by atoms with E-state index in [0.717, 1.165) is 26.2 Å². The predicted octanol–water partition coefficient (Wildman–Crippen LogP) is -0.758. The van der Waals surface area contributed by atoms with Gasteiger partial charge in [-0.3, -0.25) is 9.69 Å². The Morgan fingerprint density at radius 1 is 1.50 bits per heavy atom. The molecule has 2 rings (SSSR count). The Labute approximate surface area is 106 Å². The van der Waals surface area contributed by atoms with Crippen LogP contribution in [0.5, 0.6) is 0 Å². The van der Waals surface area contributed by atoms with E-state index < -0.39 is 0 Å². The number of piperazine rings is 1. The van der Waals surface area contributed by atoms with Crippen LogP contribution >= 0.6 is 0 Å². The largest absolute Gasteiger partial charge is 0.340 e. The number of likely N-dealkylation sites (N-methyl/N-ethyl adjacent to an activating group) is 1. The van der Waals surface area contributed by atoms with E-state index in [-0.39, 0.29) is 5.91 Å². The molecule has 7 heteroatoms. The van der Waals surface area contributed by atoms with Gasteiger partial charge in [0.25, 0.3) is 0 Å². The molecule has 0 unspecified atom stereocenters. The molecule has 0 saturated carbocycles. The monoisotopic (exact) mass is 253 g/mol. The maximum atomic E-state index is 12.0. The third kappa shape index (κ3) is 3.51. The van der Waals surface area contributed by atoms with Crippen LogP contribution in [0.3, 0.4) is 0 Å². The summed E-state index contributed by atoms with van der Waals surface area (Å²) in [5, 5.41) is 7.04. The van der Waals surface area contributed by atoms with Gasteiger partial charge >= 0.3 is 0 Å². The molecule has 100 valence electrons. The van der Waals surface area contributed by atoms with Crippen molar-refractivity contribution in [3.05, 3.63) is 11.7 Å². The molecule has 18 heavy (non-hydrogen) atoms. The Hall–Kier alpha value is -1.47. The molecule has 1 aromatic rings. The number of aromatic nitrogens is 2. The first-order valence-corrected chi connectivity index (χ1v) is 6.11. The number of nitrogens with one attached hydrogen (secondary N) is 1. The second-order valence-corrected chi connectivity index (χ2v) is 4.53. The smallest absolute Gasteiger partial charge is 0.236 e. The molecule has 2 heterocycles. The second-order valence-electron chi connectivity index (χ2n) is 4.53. The van der Waals surface area contributed by atoms with Crippen LogP contribution < -0.4 is 5.32 Å². The van der Waals surface area contributed by atoms with Crippen molar-refractivity contribution < 1.29 is 9.32 Å². The van der Waals surface area contributed by atoms with Crippen molar-refractivity contribution in [2.45, 2.75) is 13.5 Å². The van der Waals surface area contributed by atoms with Gasteiger partial charge in [0.15, 0.2) is 5.82 Å². The summed E-state index contributed by atoms with van der Waals surface area (Å²) in [6.45, 7) is 5.98. The minimum Gasteiger partial charge on any atom is -0.340 e. The van der Waals surface area contributed by atoms with E-state index in [1.807, 2.05) is 16.8 Å². The predicted molar refractivity (Wildman–Crippen MR) is 64.8 cm³/mol. The number of carbonyl (C=O) groups is 1. The lowest BCUT2D eigenvalue weighted by Gasteiger charge is -2.28. The molecule has 0 atom stereocenters. The molecule has 0 radical (unpaired) electrons. The van der Waals surface area contributed by atoms with E-state index in [1.165, 1.54) is 0 Å². The fourth-order valence-electron chi connectivity index (χ4n) is 1.95. The zero-order valence-corrected chi connectivity index (χ0v) is 10.8. The molecule has 1 fully saturated rings. The van der Waals surface area contributed by atoms with Crippen LogP contribution in [0.1, 0.15) is 11.7 Å². The zero-order valence-electron chi connectivity index (χ0n) is 10.8. The minimum absolute atomic E-state index is 0.152. The average molecular weight is 253 g/mol. The number of carbonyl (C=O) groups excluding carboxylic acids is 1. The highest BCUT2D eigenvalue weighted by Crippen LogP contribution is 2.01. The summed E-state index contributed by atoms with van der Waals surface area (Å²) >= 11 is 0. The highest BCUT2D eigenvalue weighted by atomic mass is 16.5. The fraction of sp³-hybridized carbons (Fsp3) is 0.727. The molecule has 0 bridgehead atoms. The van der Waals surface area contributed by atoms with Crippen molar-refractivity contribution in [1.29, 1.82) is 0 Å². The summed E-state index contributed by atoms with van der Waals surface area (Å²) in [5.41, 5.74) is 0. The van der Waals surface area contributed by atoms with Gasteiger partial charge in [-0.1, -0.05) is 5.16 Å². The lowest BCUT2D eigenvalue weighted by Crippen LogP contribution is -2.49. The van der Waals surface area contributed by atoms with Crippen LogP contribution in [0.4, 0.5) is 0 Å². The molecule has 1 saturated heterocycles. The summed E-state index contributed by atoms with van der Waals surface area (Å²) in [6.07, 6.45) is 0. The van der Waals surface area contributed by atoms with Gasteiger partial charge in [0.2, 0.25) is 11.8 Å². The van der Waals surface area contributed by atoms with Crippen molar-refractivity contribution in [2.24, 2.45) is 0 Å². The van der Waals surface area contributed by atoms with E-state index in [9.17, 15) is 4.79 Å². The van der Waals surface area contributed by atoms with Crippen molar-refractivity contribution in [2.75, 3.05) is 39.8 Å². The molecular formula is C11H19N5O2. The van der Waals surface area contributed by atoms with Gasteiger partial charge in [-0.05, 0) is 7.05 Å².